The second-order valence-electron chi connectivity index (χ2n) is 8.56. The summed E-state index contributed by atoms with van der Waals surface area (Å²) in [6.45, 7) is 7.68. The van der Waals surface area contributed by atoms with Crippen LogP contribution >= 0.6 is 0 Å². The number of hydrogen-bond acceptors (Lipinski definition) is 5. The van der Waals surface area contributed by atoms with E-state index in [0.29, 0.717) is 30.9 Å². The summed E-state index contributed by atoms with van der Waals surface area (Å²) >= 11 is 0. The molecule has 33 heavy (non-hydrogen) atoms. The van der Waals surface area contributed by atoms with Crippen molar-refractivity contribution in [3.8, 4) is 11.3 Å². The summed E-state index contributed by atoms with van der Waals surface area (Å²) < 4.78 is 7.82. The molecule has 2 amide bonds. The van der Waals surface area contributed by atoms with Gasteiger partial charge in [-0.3, -0.25) is 4.79 Å². The summed E-state index contributed by atoms with van der Waals surface area (Å²) in [5, 5.41) is 16.8. The van der Waals surface area contributed by atoms with Gasteiger partial charge < -0.3 is 25.0 Å². The van der Waals surface area contributed by atoms with Crippen LogP contribution in [-0.2, 0) is 16.1 Å². The fraction of sp³-hybridized carbons (Fsp3) is 0.458. The Morgan fingerprint density at radius 1 is 1.24 bits per heavy atom. The van der Waals surface area contributed by atoms with Gasteiger partial charge in [0.1, 0.15) is 6.23 Å². The van der Waals surface area contributed by atoms with Gasteiger partial charge in [-0.25, -0.2) is 9.48 Å². The minimum atomic E-state index is -0.940. The van der Waals surface area contributed by atoms with Gasteiger partial charge in [-0.2, -0.15) is 5.10 Å². The van der Waals surface area contributed by atoms with Gasteiger partial charge in [0.05, 0.1) is 5.69 Å². The Bertz CT molecular complexity index is 979. The van der Waals surface area contributed by atoms with Gasteiger partial charge in [-0.15, -0.1) is 0 Å². The van der Waals surface area contributed by atoms with Crippen molar-refractivity contribution >= 4 is 17.7 Å². The van der Waals surface area contributed by atoms with Crippen LogP contribution in [0.5, 0.6) is 0 Å². The molecule has 9 heteroatoms. The van der Waals surface area contributed by atoms with E-state index in [1.165, 1.54) is 4.90 Å². The van der Waals surface area contributed by atoms with Gasteiger partial charge in [0.2, 0.25) is 0 Å². The van der Waals surface area contributed by atoms with Crippen molar-refractivity contribution in [2.24, 2.45) is 0 Å². The molecule has 1 aliphatic rings. The van der Waals surface area contributed by atoms with E-state index < -0.39 is 6.09 Å². The SMILES string of the molecule is C=C(C)C(=O)Nc1ccc(-c2nn(C3CCCCO3)cc2CN(C)CCN(C)C(=O)O)cc1. The average molecular weight is 456 g/mol. The van der Waals surface area contributed by atoms with Gasteiger partial charge >= 0.3 is 6.09 Å². The van der Waals surface area contributed by atoms with Crippen LogP contribution < -0.4 is 5.32 Å². The van der Waals surface area contributed by atoms with Crippen molar-refractivity contribution in [2.45, 2.75) is 39.0 Å². The molecule has 1 saturated heterocycles. The number of aromatic nitrogens is 2. The van der Waals surface area contributed by atoms with Crippen LogP contribution in [0.2, 0.25) is 0 Å². The predicted octanol–water partition coefficient (Wildman–Crippen LogP) is 3.81. The number of nitrogens with one attached hydrogen (secondary N) is 1. The summed E-state index contributed by atoms with van der Waals surface area (Å²) in [6.07, 6.45) is 4.10. The van der Waals surface area contributed by atoms with Crippen LogP contribution in [0.4, 0.5) is 10.5 Å². The van der Waals surface area contributed by atoms with Crippen LogP contribution in [0.1, 0.15) is 38.0 Å². The molecule has 9 nitrogen and oxygen atoms in total. The number of carbonyl (C=O) groups excluding carboxylic acids is 1. The van der Waals surface area contributed by atoms with Gasteiger partial charge in [-0.1, -0.05) is 18.7 Å². The Kier molecular flexibility index (Phi) is 8.24. The van der Waals surface area contributed by atoms with E-state index in [1.807, 2.05) is 42.2 Å². The third-order valence-electron chi connectivity index (χ3n) is 5.65. The Morgan fingerprint density at radius 3 is 2.58 bits per heavy atom. The number of rotatable bonds is 9. The maximum atomic E-state index is 11.9. The number of anilines is 1. The molecule has 2 heterocycles. The average Bonchev–Trinajstić information content (AvgIpc) is 3.22. The molecule has 0 radical (unpaired) electrons. The van der Waals surface area contributed by atoms with Crippen molar-refractivity contribution in [3.63, 3.8) is 0 Å². The Balaban J connectivity index is 1.81. The minimum absolute atomic E-state index is 0.0798. The molecule has 1 unspecified atom stereocenters. The first-order chi connectivity index (χ1) is 15.7. The predicted molar refractivity (Wildman–Crippen MR) is 127 cm³/mol. The van der Waals surface area contributed by atoms with Gasteiger partial charge in [-0.05, 0) is 45.4 Å². The zero-order valence-corrected chi connectivity index (χ0v) is 19.6. The zero-order chi connectivity index (χ0) is 24.0. The van der Waals surface area contributed by atoms with E-state index in [-0.39, 0.29) is 12.1 Å². The highest BCUT2D eigenvalue weighted by Gasteiger charge is 2.21. The molecular weight excluding hydrogens is 422 g/mol. The summed E-state index contributed by atoms with van der Waals surface area (Å²) in [5.41, 5.74) is 3.95. The first-order valence-corrected chi connectivity index (χ1v) is 11.1. The Morgan fingerprint density at radius 2 is 1.97 bits per heavy atom. The molecule has 1 aromatic carbocycles. The van der Waals surface area contributed by atoms with Crippen LogP contribution in [-0.4, -0.2) is 70.5 Å². The lowest BCUT2D eigenvalue weighted by Gasteiger charge is -2.22. The third-order valence-corrected chi connectivity index (χ3v) is 5.65. The molecule has 3 rings (SSSR count). The quantitative estimate of drug-likeness (QED) is 0.558. The summed E-state index contributed by atoms with van der Waals surface area (Å²) in [4.78, 5) is 26.3. The number of carbonyl (C=O) groups is 2. The van der Waals surface area contributed by atoms with Crippen molar-refractivity contribution < 1.29 is 19.4 Å². The number of nitrogens with zero attached hydrogens (tertiary/aromatic N) is 4. The van der Waals surface area contributed by atoms with Crippen LogP contribution in [0.15, 0.2) is 42.6 Å². The van der Waals surface area contributed by atoms with Crippen molar-refractivity contribution in [1.29, 1.82) is 0 Å². The van der Waals surface area contributed by atoms with Crippen LogP contribution in [0.25, 0.3) is 11.3 Å². The molecule has 2 aromatic rings. The lowest BCUT2D eigenvalue weighted by molar-refractivity contribution is -0.112. The zero-order valence-electron chi connectivity index (χ0n) is 19.6. The second-order valence-corrected chi connectivity index (χ2v) is 8.56. The van der Waals surface area contributed by atoms with E-state index in [9.17, 15) is 9.59 Å². The number of carboxylic acid groups (broad SMARTS) is 1. The monoisotopic (exact) mass is 455 g/mol. The van der Waals surface area contributed by atoms with Crippen molar-refractivity contribution in [2.75, 3.05) is 39.1 Å². The molecule has 1 aromatic heterocycles. The Hall–Kier alpha value is -3.17. The molecular formula is C24H33N5O4. The Labute approximate surface area is 194 Å². The van der Waals surface area contributed by atoms with Gasteiger partial charge in [0.15, 0.2) is 0 Å². The van der Waals surface area contributed by atoms with Crippen LogP contribution in [0.3, 0.4) is 0 Å². The number of hydrogen-bond donors (Lipinski definition) is 2. The first kappa shape index (κ1) is 24.5. The van der Waals surface area contributed by atoms with E-state index >= 15 is 0 Å². The normalized spacial score (nSPS) is 15.9. The molecule has 0 saturated carbocycles. The van der Waals surface area contributed by atoms with Crippen molar-refractivity contribution in [3.05, 3.63) is 48.2 Å². The number of amides is 2. The standard InChI is InChI=1S/C24H33N5O4/c1-17(2)23(30)25-20-10-8-18(9-11-20)22-19(15-27(3)12-13-28(4)24(31)32)16-29(26-22)21-7-5-6-14-33-21/h8-11,16,21H,1,5-7,12-15H2,2-4H3,(H,25,30)(H,31,32). The fourth-order valence-corrected chi connectivity index (χ4v) is 3.60. The number of benzene rings is 1. The minimum Gasteiger partial charge on any atom is -0.465 e. The molecule has 0 aliphatic carbocycles. The lowest BCUT2D eigenvalue weighted by atomic mass is 10.1. The first-order valence-electron chi connectivity index (χ1n) is 11.1. The van der Waals surface area contributed by atoms with E-state index in [2.05, 4.69) is 16.8 Å². The smallest absolute Gasteiger partial charge is 0.407 e. The van der Waals surface area contributed by atoms with E-state index in [4.69, 9.17) is 14.9 Å². The second kappa shape index (κ2) is 11.1. The highest BCUT2D eigenvalue weighted by molar-refractivity contribution is 6.02. The molecule has 1 aliphatic heterocycles. The number of ether oxygens (including phenoxy) is 1. The number of likely N-dealkylation sites (N-methyl/N-ethyl adjacent to an activating group) is 2. The highest BCUT2D eigenvalue weighted by atomic mass is 16.5. The van der Waals surface area contributed by atoms with Crippen molar-refractivity contribution in [1.82, 2.24) is 19.6 Å². The maximum Gasteiger partial charge on any atom is 0.407 e. The summed E-state index contributed by atoms with van der Waals surface area (Å²) in [7, 11) is 3.53. The van der Waals surface area contributed by atoms with E-state index in [0.717, 1.165) is 42.7 Å². The molecule has 0 bridgehead atoms. The summed E-state index contributed by atoms with van der Waals surface area (Å²) in [5.74, 6) is -0.213. The lowest BCUT2D eigenvalue weighted by Crippen LogP contribution is -2.33. The topological polar surface area (TPSA) is 99.9 Å². The van der Waals surface area contributed by atoms with Crippen LogP contribution in [0, 0.1) is 0 Å². The molecule has 178 valence electrons. The van der Waals surface area contributed by atoms with Gasteiger partial charge in [0, 0.05) is 61.9 Å². The largest absolute Gasteiger partial charge is 0.465 e. The maximum absolute atomic E-state index is 11.9. The molecule has 1 atom stereocenters. The van der Waals surface area contributed by atoms with E-state index in [1.54, 1.807) is 14.0 Å². The highest BCUT2D eigenvalue weighted by Crippen LogP contribution is 2.29. The fourth-order valence-electron chi connectivity index (χ4n) is 3.60. The molecule has 0 spiro atoms. The summed E-state index contributed by atoms with van der Waals surface area (Å²) in [6, 6.07) is 7.57. The molecule has 1 fully saturated rings. The third kappa shape index (κ3) is 6.66. The molecule has 2 N–H and O–H groups in total. The van der Waals surface area contributed by atoms with Gasteiger partial charge in [0.25, 0.3) is 5.91 Å².